The van der Waals surface area contributed by atoms with Gasteiger partial charge in [-0.25, -0.2) is 0 Å². The molecule has 14 heavy (non-hydrogen) atoms. The molecule has 78 valence electrons. The number of benzene rings is 1. The first-order valence-corrected chi connectivity index (χ1v) is 5.26. The molecule has 0 amide bonds. The first-order valence-electron chi connectivity index (χ1n) is 4.72. The van der Waals surface area contributed by atoms with E-state index in [0.29, 0.717) is 5.88 Å². The second kappa shape index (κ2) is 4.22. The van der Waals surface area contributed by atoms with Crippen molar-refractivity contribution >= 4 is 11.6 Å². The molecule has 2 heteroatoms. The van der Waals surface area contributed by atoms with Crippen molar-refractivity contribution in [2.45, 2.75) is 26.2 Å². The van der Waals surface area contributed by atoms with Gasteiger partial charge in [0, 0.05) is 11.3 Å². The maximum absolute atomic E-state index is 5.92. The van der Waals surface area contributed by atoms with Crippen LogP contribution in [-0.4, -0.2) is 13.0 Å². The van der Waals surface area contributed by atoms with E-state index in [0.717, 1.165) is 11.3 Å². The Labute approximate surface area is 91.0 Å². The maximum Gasteiger partial charge on any atom is 0.121 e. The van der Waals surface area contributed by atoms with E-state index >= 15 is 0 Å². The van der Waals surface area contributed by atoms with Crippen LogP contribution in [0.3, 0.4) is 0 Å². The maximum atomic E-state index is 5.92. The van der Waals surface area contributed by atoms with Crippen molar-refractivity contribution in [1.82, 2.24) is 0 Å². The van der Waals surface area contributed by atoms with Gasteiger partial charge in [0.05, 0.1) is 7.11 Å². The fourth-order valence-corrected chi connectivity index (χ4v) is 1.53. The van der Waals surface area contributed by atoms with Gasteiger partial charge in [-0.05, 0) is 24.1 Å². The molecule has 0 aliphatic heterocycles. The Hall–Kier alpha value is -0.690. The zero-order valence-corrected chi connectivity index (χ0v) is 9.98. The third kappa shape index (κ3) is 2.21. The van der Waals surface area contributed by atoms with Gasteiger partial charge < -0.3 is 4.74 Å². The molecule has 0 atom stereocenters. The third-order valence-electron chi connectivity index (χ3n) is 2.51. The second-order valence-electron chi connectivity index (χ2n) is 4.20. The summed E-state index contributed by atoms with van der Waals surface area (Å²) >= 11 is 5.92. The van der Waals surface area contributed by atoms with E-state index in [4.69, 9.17) is 16.3 Å². The lowest BCUT2D eigenvalue weighted by atomic mass is 9.86. The smallest absolute Gasteiger partial charge is 0.121 e. The number of rotatable bonds is 3. The Morgan fingerprint density at radius 2 is 2.00 bits per heavy atom. The van der Waals surface area contributed by atoms with Crippen LogP contribution in [-0.2, 0) is 5.41 Å². The van der Waals surface area contributed by atoms with Crippen LogP contribution in [0.5, 0.6) is 5.75 Å². The van der Waals surface area contributed by atoms with Gasteiger partial charge in [-0.3, -0.25) is 0 Å². The highest BCUT2D eigenvalue weighted by Gasteiger charge is 2.19. The van der Waals surface area contributed by atoms with Crippen LogP contribution in [0.4, 0.5) is 0 Å². The van der Waals surface area contributed by atoms with Gasteiger partial charge in [0.1, 0.15) is 5.75 Å². The largest absolute Gasteiger partial charge is 0.496 e. The minimum Gasteiger partial charge on any atom is -0.496 e. The molecule has 0 radical (unpaired) electrons. The monoisotopic (exact) mass is 212 g/mol. The molecule has 0 aliphatic rings. The van der Waals surface area contributed by atoms with Crippen molar-refractivity contribution < 1.29 is 4.74 Å². The van der Waals surface area contributed by atoms with Gasteiger partial charge in [0.15, 0.2) is 0 Å². The number of halogens is 1. The number of hydrogen-bond acceptors (Lipinski definition) is 1. The molecule has 1 aromatic carbocycles. The Balaban J connectivity index is 3.08. The van der Waals surface area contributed by atoms with E-state index < -0.39 is 0 Å². The fourth-order valence-electron chi connectivity index (χ4n) is 1.38. The van der Waals surface area contributed by atoms with Crippen molar-refractivity contribution in [3.63, 3.8) is 0 Å². The number of hydrogen-bond donors (Lipinski definition) is 0. The molecular weight excluding hydrogens is 196 g/mol. The number of ether oxygens (including phenoxy) is 1. The topological polar surface area (TPSA) is 9.23 Å². The van der Waals surface area contributed by atoms with E-state index in [2.05, 4.69) is 26.0 Å². The molecule has 1 rings (SSSR count). The van der Waals surface area contributed by atoms with Crippen LogP contribution in [0.15, 0.2) is 18.2 Å². The summed E-state index contributed by atoms with van der Waals surface area (Å²) in [6.45, 7) is 6.33. The molecule has 0 saturated heterocycles. The Kier molecular flexibility index (Phi) is 3.43. The lowest BCUT2D eigenvalue weighted by molar-refractivity contribution is 0.411. The van der Waals surface area contributed by atoms with Gasteiger partial charge in [0.25, 0.3) is 0 Å². The molecule has 0 fully saturated rings. The van der Waals surface area contributed by atoms with Crippen LogP contribution >= 0.6 is 11.6 Å². The van der Waals surface area contributed by atoms with Gasteiger partial charge in [-0.1, -0.05) is 26.0 Å². The molecule has 0 aromatic heterocycles. The Morgan fingerprint density at radius 1 is 1.36 bits per heavy atom. The molecule has 0 heterocycles. The van der Waals surface area contributed by atoms with Gasteiger partial charge in [-0.15, -0.1) is 11.6 Å². The summed E-state index contributed by atoms with van der Waals surface area (Å²) < 4.78 is 5.21. The van der Waals surface area contributed by atoms with E-state index in [9.17, 15) is 0 Å². The normalized spacial score (nSPS) is 11.5. The molecule has 0 spiro atoms. The number of methoxy groups -OCH3 is 1. The van der Waals surface area contributed by atoms with Crippen LogP contribution in [0, 0.1) is 6.92 Å². The van der Waals surface area contributed by atoms with Crippen molar-refractivity contribution in [1.29, 1.82) is 0 Å². The van der Waals surface area contributed by atoms with Gasteiger partial charge >= 0.3 is 0 Å². The summed E-state index contributed by atoms with van der Waals surface area (Å²) in [5.74, 6) is 1.55. The Morgan fingerprint density at radius 3 is 2.43 bits per heavy atom. The van der Waals surface area contributed by atoms with Gasteiger partial charge in [0.2, 0.25) is 0 Å². The van der Waals surface area contributed by atoms with Crippen molar-refractivity contribution in [3.8, 4) is 5.75 Å². The third-order valence-corrected chi connectivity index (χ3v) is 3.18. The minimum atomic E-state index is 0.0264. The standard InChI is InChI=1S/C12H17ClO/c1-9-7-10(12(2,3)8-13)5-6-11(9)14-4/h5-7H,8H2,1-4H3. The predicted octanol–water partition coefficient (Wildman–Crippen LogP) is 3.52. The molecule has 0 N–H and O–H groups in total. The first kappa shape index (κ1) is 11.4. The molecule has 0 unspecified atom stereocenters. The summed E-state index contributed by atoms with van der Waals surface area (Å²) in [6.07, 6.45) is 0. The highest BCUT2D eigenvalue weighted by molar-refractivity contribution is 6.18. The quantitative estimate of drug-likeness (QED) is 0.697. The first-order chi connectivity index (χ1) is 6.51. The van der Waals surface area contributed by atoms with Crippen molar-refractivity contribution in [2.75, 3.05) is 13.0 Å². The van der Waals surface area contributed by atoms with Crippen LogP contribution in [0.25, 0.3) is 0 Å². The number of aryl methyl sites for hydroxylation is 1. The molecule has 0 saturated carbocycles. The molecule has 0 aliphatic carbocycles. The van der Waals surface area contributed by atoms with Crippen molar-refractivity contribution in [3.05, 3.63) is 29.3 Å². The SMILES string of the molecule is COc1ccc(C(C)(C)CCl)cc1C. The van der Waals surface area contributed by atoms with Gasteiger partial charge in [-0.2, -0.15) is 0 Å². The molecular formula is C12H17ClO. The lowest BCUT2D eigenvalue weighted by Crippen LogP contribution is -2.19. The summed E-state index contributed by atoms with van der Waals surface area (Å²) in [4.78, 5) is 0. The average molecular weight is 213 g/mol. The van der Waals surface area contributed by atoms with E-state index in [1.165, 1.54) is 5.56 Å². The van der Waals surface area contributed by atoms with E-state index in [1.807, 2.05) is 13.0 Å². The molecule has 0 bridgehead atoms. The second-order valence-corrected chi connectivity index (χ2v) is 4.47. The van der Waals surface area contributed by atoms with Crippen LogP contribution < -0.4 is 4.74 Å². The fraction of sp³-hybridized carbons (Fsp3) is 0.500. The summed E-state index contributed by atoms with van der Waals surface area (Å²) in [6, 6.07) is 6.22. The summed E-state index contributed by atoms with van der Waals surface area (Å²) in [5, 5.41) is 0. The number of alkyl halides is 1. The molecule has 1 nitrogen and oxygen atoms in total. The van der Waals surface area contributed by atoms with Crippen LogP contribution in [0.2, 0.25) is 0 Å². The highest BCUT2D eigenvalue weighted by atomic mass is 35.5. The minimum absolute atomic E-state index is 0.0264. The average Bonchev–Trinajstić information content (AvgIpc) is 2.17. The summed E-state index contributed by atoms with van der Waals surface area (Å²) in [5.41, 5.74) is 2.44. The Bertz CT molecular complexity index is 318. The predicted molar refractivity (Wildman–Crippen MR) is 61.5 cm³/mol. The van der Waals surface area contributed by atoms with E-state index in [-0.39, 0.29) is 5.41 Å². The zero-order valence-electron chi connectivity index (χ0n) is 9.23. The van der Waals surface area contributed by atoms with Crippen molar-refractivity contribution in [2.24, 2.45) is 0 Å². The lowest BCUT2D eigenvalue weighted by Gasteiger charge is -2.23. The van der Waals surface area contributed by atoms with Crippen LogP contribution in [0.1, 0.15) is 25.0 Å². The summed E-state index contributed by atoms with van der Waals surface area (Å²) in [7, 11) is 1.69. The highest BCUT2D eigenvalue weighted by Crippen LogP contribution is 2.28. The van der Waals surface area contributed by atoms with E-state index in [1.54, 1.807) is 7.11 Å². The zero-order chi connectivity index (χ0) is 10.8. The molecule has 1 aromatic rings.